The summed E-state index contributed by atoms with van der Waals surface area (Å²) in [6, 6.07) is 0. The Kier molecular flexibility index (Phi) is 4.29. The SMILES string of the molecule is CCOC(=O)NCC1CCCS1. The Morgan fingerprint density at radius 1 is 1.75 bits per heavy atom. The van der Waals surface area contributed by atoms with Crippen molar-refractivity contribution in [1.82, 2.24) is 5.32 Å². The van der Waals surface area contributed by atoms with E-state index in [1.165, 1.54) is 18.6 Å². The van der Waals surface area contributed by atoms with Gasteiger partial charge in [-0.15, -0.1) is 0 Å². The minimum atomic E-state index is -0.287. The van der Waals surface area contributed by atoms with E-state index in [4.69, 9.17) is 4.74 Å². The largest absolute Gasteiger partial charge is 0.450 e. The van der Waals surface area contributed by atoms with Gasteiger partial charge in [0.2, 0.25) is 0 Å². The van der Waals surface area contributed by atoms with Gasteiger partial charge < -0.3 is 10.1 Å². The van der Waals surface area contributed by atoms with Gasteiger partial charge in [-0.25, -0.2) is 4.79 Å². The molecule has 4 heteroatoms. The van der Waals surface area contributed by atoms with Crippen LogP contribution in [0.3, 0.4) is 0 Å². The molecule has 0 spiro atoms. The fourth-order valence-corrected chi connectivity index (χ4v) is 2.39. The maximum atomic E-state index is 10.9. The number of thioether (sulfide) groups is 1. The van der Waals surface area contributed by atoms with Crippen LogP contribution in [0.5, 0.6) is 0 Å². The molecule has 1 atom stereocenters. The zero-order chi connectivity index (χ0) is 8.81. The highest BCUT2D eigenvalue weighted by molar-refractivity contribution is 8.00. The standard InChI is InChI=1S/C8H15NO2S/c1-2-11-8(10)9-6-7-4-3-5-12-7/h7H,2-6H2,1H3,(H,9,10). The Morgan fingerprint density at radius 2 is 2.58 bits per heavy atom. The number of amides is 1. The molecule has 1 fully saturated rings. The van der Waals surface area contributed by atoms with Crippen LogP contribution in [0.2, 0.25) is 0 Å². The smallest absolute Gasteiger partial charge is 0.407 e. The molecule has 0 aliphatic carbocycles. The third-order valence-corrected chi connectivity index (χ3v) is 3.17. The summed E-state index contributed by atoms with van der Waals surface area (Å²) in [5.74, 6) is 1.23. The van der Waals surface area contributed by atoms with E-state index in [0.717, 1.165) is 6.54 Å². The summed E-state index contributed by atoms with van der Waals surface area (Å²) in [7, 11) is 0. The van der Waals surface area contributed by atoms with E-state index >= 15 is 0 Å². The summed E-state index contributed by atoms with van der Waals surface area (Å²) in [6.45, 7) is 3.01. The zero-order valence-electron chi connectivity index (χ0n) is 7.34. The van der Waals surface area contributed by atoms with Crippen LogP contribution in [-0.4, -0.2) is 30.2 Å². The van der Waals surface area contributed by atoms with Crippen molar-refractivity contribution in [3.63, 3.8) is 0 Å². The molecule has 3 nitrogen and oxygen atoms in total. The number of carbonyl (C=O) groups excluding carboxylic acids is 1. The molecular weight excluding hydrogens is 174 g/mol. The van der Waals surface area contributed by atoms with E-state index in [1.807, 2.05) is 18.7 Å². The lowest BCUT2D eigenvalue weighted by Crippen LogP contribution is -2.30. The molecule has 0 bridgehead atoms. The van der Waals surface area contributed by atoms with Gasteiger partial charge in [-0.2, -0.15) is 11.8 Å². The van der Waals surface area contributed by atoms with Crippen LogP contribution in [-0.2, 0) is 4.74 Å². The van der Waals surface area contributed by atoms with Crippen LogP contribution in [0, 0.1) is 0 Å². The van der Waals surface area contributed by atoms with Crippen molar-refractivity contribution in [3.8, 4) is 0 Å². The Bertz CT molecular complexity index is 146. The molecular formula is C8H15NO2S. The van der Waals surface area contributed by atoms with Crippen LogP contribution < -0.4 is 5.32 Å². The fraction of sp³-hybridized carbons (Fsp3) is 0.875. The minimum Gasteiger partial charge on any atom is -0.450 e. The third kappa shape index (κ3) is 3.34. The van der Waals surface area contributed by atoms with Gasteiger partial charge in [0.15, 0.2) is 0 Å². The predicted octanol–water partition coefficient (Wildman–Crippen LogP) is 1.63. The van der Waals surface area contributed by atoms with Crippen molar-refractivity contribution in [2.24, 2.45) is 0 Å². The minimum absolute atomic E-state index is 0.287. The van der Waals surface area contributed by atoms with E-state index < -0.39 is 0 Å². The molecule has 1 rings (SSSR count). The van der Waals surface area contributed by atoms with Crippen molar-refractivity contribution < 1.29 is 9.53 Å². The van der Waals surface area contributed by atoms with Crippen molar-refractivity contribution >= 4 is 17.9 Å². The summed E-state index contributed by atoms with van der Waals surface area (Å²) in [4.78, 5) is 10.9. The average Bonchev–Trinajstić information content (AvgIpc) is 2.53. The van der Waals surface area contributed by atoms with Crippen molar-refractivity contribution in [1.29, 1.82) is 0 Å². The van der Waals surface area contributed by atoms with Gasteiger partial charge in [-0.1, -0.05) is 0 Å². The number of rotatable bonds is 3. The highest BCUT2D eigenvalue weighted by atomic mass is 32.2. The summed E-state index contributed by atoms with van der Waals surface area (Å²) in [5, 5.41) is 3.35. The first kappa shape index (κ1) is 9.71. The highest BCUT2D eigenvalue weighted by Gasteiger charge is 2.15. The van der Waals surface area contributed by atoms with Gasteiger partial charge in [-0.05, 0) is 25.5 Å². The maximum absolute atomic E-state index is 10.9. The fourth-order valence-electron chi connectivity index (χ4n) is 1.18. The van der Waals surface area contributed by atoms with E-state index in [2.05, 4.69) is 5.32 Å². The molecule has 12 heavy (non-hydrogen) atoms. The topological polar surface area (TPSA) is 38.3 Å². The summed E-state index contributed by atoms with van der Waals surface area (Å²) >= 11 is 1.93. The van der Waals surface area contributed by atoms with Gasteiger partial charge in [-0.3, -0.25) is 0 Å². The molecule has 1 saturated heterocycles. The van der Waals surface area contributed by atoms with Crippen LogP contribution in [0.4, 0.5) is 4.79 Å². The van der Waals surface area contributed by atoms with Crippen LogP contribution in [0.15, 0.2) is 0 Å². The van der Waals surface area contributed by atoms with Crippen LogP contribution in [0.25, 0.3) is 0 Å². The van der Waals surface area contributed by atoms with E-state index in [-0.39, 0.29) is 6.09 Å². The second-order valence-corrected chi connectivity index (χ2v) is 4.14. The number of alkyl carbamates (subject to hydrolysis) is 1. The number of hydrogen-bond donors (Lipinski definition) is 1. The number of ether oxygens (including phenoxy) is 1. The molecule has 1 aliphatic heterocycles. The predicted molar refractivity (Wildman–Crippen MR) is 50.5 cm³/mol. The molecule has 0 aromatic rings. The average molecular weight is 189 g/mol. The molecule has 0 radical (unpaired) electrons. The second-order valence-electron chi connectivity index (χ2n) is 2.74. The quantitative estimate of drug-likeness (QED) is 0.733. The highest BCUT2D eigenvalue weighted by Crippen LogP contribution is 2.25. The lowest BCUT2D eigenvalue weighted by Gasteiger charge is -2.09. The molecule has 0 aromatic carbocycles. The van der Waals surface area contributed by atoms with Gasteiger partial charge in [0, 0.05) is 11.8 Å². The lowest BCUT2D eigenvalue weighted by atomic mass is 10.2. The van der Waals surface area contributed by atoms with Crippen molar-refractivity contribution in [3.05, 3.63) is 0 Å². The first-order valence-corrected chi connectivity index (χ1v) is 5.40. The molecule has 1 unspecified atom stereocenters. The Hall–Kier alpha value is -0.380. The lowest BCUT2D eigenvalue weighted by molar-refractivity contribution is 0.152. The van der Waals surface area contributed by atoms with Crippen LogP contribution >= 0.6 is 11.8 Å². The number of nitrogens with one attached hydrogen (secondary N) is 1. The van der Waals surface area contributed by atoms with E-state index in [9.17, 15) is 4.79 Å². The molecule has 1 heterocycles. The van der Waals surface area contributed by atoms with Gasteiger partial charge >= 0.3 is 6.09 Å². The Balaban J connectivity index is 2.03. The molecule has 0 aromatic heterocycles. The maximum Gasteiger partial charge on any atom is 0.407 e. The van der Waals surface area contributed by atoms with Crippen LogP contribution in [0.1, 0.15) is 19.8 Å². The summed E-state index contributed by atoms with van der Waals surface area (Å²) in [6.07, 6.45) is 2.21. The molecule has 1 N–H and O–H groups in total. The first-order valence-electron chi connectivity index (χ1n) is 4.35. The third-order valence-electron chi connectivity index (χ3n) is 1.77. The summed E-state index contributed by atoms with van der Waals surface area (Å²) < 4.78 is 4.74. The molecule has 70 valence electrons. The molecule has 1 aliphatic rings. The monoisotopic (exact) mass is 189 g/mol. The normalized spacial score (nSPS) is 22.2. The summed E-state index contributed by atoms with van der Waals surface area (Å²) in [5.41, 5.74) is 0. The van der Waals surface area contributed by atoms with Gasteiger partial charge in [0.25, 0.3) is 0 Å². The van der Waals surface area contributed by atoms with Crippen molar-refractivity contribution in [2.75, 3.05) is 18.9 Å². The second kappa shape index (κ2) is 5.30. The van der Waals surface area contributed by atoms with E-state index in [1.54, 1.807) is 0 Å². The number of hydrogen-bond acceptors (Lipinski definition) is 3. The Labute approximate surface area is 77.2 Å². The zero-order valence-corrected chi connectivity index (χ0v) is 8.15. The van der Waals surface area contributed by atoms with Crippen molar-refractivity contribution in [2.45, 2.75) is 25.0 Å². The number of carbonyl (C=O) groups is 1. The van der Waals surface area contributed by atoms with E-state index in [0.29, 0.717) is 11.9 Å². The van der Waals surface area contributed by atoms with Gasteiger partial charge in [0.1, 0.15) is 0 Å². The van der Waals surface area contributed by atoms with Gasteiger partial charge in [0.05, 0.1) is 6.61 Å². The first-order chi connectivity index (χ1) is 5.83. The molecule has 1 amide bonds. The molecule has 0 saturated carbocycles. The Morgan fingerprint density at radius 3 is 3.17 bits per heavy atom.